The molecule has 0 saturated carbocycles. The number of para-hydroxylation sites is 1. The van der Waals surface area contributed by atoms with Gasteiger partial charge in [0, 0.05) is 23.9 Å². The zero-order chi connectivity index (χ0) is 23.5. The quantitative estimate of drug-likeness (QED) is 0.329. The topological polar surface area (TPSA) is 56.6 Å². The van der Waals surface area contributed by atoms with Crippen LogP contribution in [0.1, 0.15) is 25.3 Å². The first-order valence-electron chi connectivity index (χ1n) is 11.4. The molecule has 0 N–H and O–H groups in total. The molecule has 0 aliphatic carbocycles. The Bertz CT molecular complexity index is 1220. The highest BCUT2D eigenvalue weighted by Gasteiger charge is 2.35. The molecule has 0 unspecified atom stereocenters. The zero-order valence-corrected chi connectivity index (χ0v) is 20.5. The molecule has 2 aromatic carbocycles. The van der Waals surface area contributed by atoms with Gasteiger partial charge in [-0.3, -0.25) is 9.69 Å². The second-order valence-corrected chi connectivity index (χ2v) is 9.77. The van der Waals surface area contributed by atoms with Gasteiger partial charge in [0.1, 0.15) is 10.1 Å². The van der Waals surface area contributed by atoms with E-state index in [1.165, 1.54) is 11.8 Å². The molecule has 1 amide bonds. The Morgan fingerprint density at radius 3 is 2.71 bits per heavy atom. The third-order valence-corrected chi connectivity index (χ3v) is 7.15. The fraction of sp³-hybridized carbons (Fsp3) is 0.269. The number of rotatable bonds is 7. The zero-order valence-electron chi connectivity index (χ0n) is 18.8. The number of carbonyl (C=O) groups is 1. The van der Waals surface area contributed by atoms with Crippen LogP contribution >= 0.6 is 24.0 Å². The van der Waals surface area contributed by atoms with Crippen LogP contribution in [0.25, 0.3) is 23.0 Å². The lowest BCUT2D eigenvalue weighted by Gasteiger charge is -2.18. The lowest BCUT2D eigenvalue weighted by Crippen LogP contribution is -2.35. The van der Waals surface area contributed by atoms with Crippen molar-refractivity contribution in [2.45, 2.75) is 25.9 Å². The second kappa shape index (κ2) is 10.1. The summed E-state index contributed by atoms with van der Waals surface area (Å²) in [4.78, 5) is 15.5. The Hall–Kier alpha value is -2.94. The van der Waals surface area contributed by atoms with Crippen LogP contribution in [0.4, 0.5) is 0 Å². The standard InChI is InChI=1S/C26H25N3O3S2/c1-2-31-21-12-10-18(11-13-21)24-19(16-29(27-24)20-7-4-3-5-8-20)15-23-25(30)28(26(33)34-23)17-22-9-6-14-32-22/h3-5,7-8,10-13,15-16,22H,2,6,9,14,17H2,1H3/b23-15-/t22-/m0/s1. The molecule has 8 heteroatoms. The Labute approximate surface area is 208 Å². The molecule has 5 rings (SSSR count). The van der Waals surface area contributed by atoms with E-state index < -0.39 is 0 Å². The monoisotopic (exact) mass is 491 g/mol. The van der Waals surface area contributed by atoms with E-state index in [9.17, 15) is 4.79 Å². The summed E-state index contributed by atoms with van der Waals surface area (Å²) in [5.74, 6) is 0.737. The molecule has 0 bridgehead atoms. The van der Waals surface area contributed by atoms with Gasteiger partial charge in [-0.1, -0.05) is 42.2 Å². The van der Waals surface area contributed by atoms with Crippen LogP contribution in [0.15, 0.2) is 65.7 Å². The fourth-order valence-electron chi connectivity index (χ4n) is 4.10. The van der Waals surface area contributed by atoms with Gasteiger partial charge in [0.25, 0.3) is 5.91 Å². The third-order valence-electron chi connectivity index (χ3n) is 5.77. The van der Waals surface area contributed by atoms with Crippen molar-refractivity contribution in [3.8, 4) is 22.7 Å². The summed E-state index contributed by atoms with van der Waals surface area (Å²) in [7, 11) is 0. The van der Waals surface area contributed by atoms with E-state index in [4.69, 9.17) is 26.8 Å². The maximum atomic E-state index is 13.2. The minimum Gasteiger partial charge on any atom is -0.494 e. The Kier molecular flexibility index (Phi) is 6.80. The summed E-state index contributed by atoms with van der Waals surface area (Å²) < 4.78 is 13.7. The van der Waals surface area contributed by atoms with Gasteiger partial charge in [0.2, 0.25) is 0 Å². The summed E-state index contributed by atoms with van der Waals surface area (Å²) in [5.41, 5.74) is 3.53. The van der Waals surface area contributed by atoms with Crippen LogP contribution in [0.2, 0.25) is 0 Å². The van der Waals surface area contributed by atoms with Gasteiger partial charge in [0.05, 0.1) is 35.5 Å². The van der Waals surface area contributed by atoms with Crippen molar-refractivity contribution < 1.29 is 14.3 Å². The SMILES string of the molecule is CCOc1ccc(-c2nn(-c3ccccc3)cc2/C=C2\SC(=S)N(C[C@@H]3CCCO3)C2=O)cc1. The molecule has 0 radical (unpaired) electrons. The number of hydrogen-bond acceptors (Lipinski definition) is 6. The molecular weight excluding hydrogens is 466 g/mol. The van der Waals surface area contributed by atoms with E-state index in [1.807, 2.05) is 78.5 Å². The van der Waals surface area contributed by atoms with Gasteiger partial charge >= 0.3 is 0 Å². The van der Waals surface area contributed by atoms with Crippen LogP contribution in [0.3, 0.4) is 0 Å². The average molecular weight is 492 g/mol. The molecule has 2 saturated heterocycles. The van der Waals surface area contributed by atoms with E-state index in [2.05, 4.69) is 0 Å². The number of ether oxygens (including phenoxy) is 2. The maximum Gasteiger partial charge on any atom is 0.266 e. The highest BCUT2D eigenvalue weighted by molar-refractivity contribution is 8.26. The van der Waals surface area contributed by atoms with Crippen LogP contribution in [-0.4, -0.2) is 50.8 Å². The van der Waals surface area contributed by atoms with Gasteiger partial charge in [-0.25, -0.2) is 4.68 Å². The molecule has 1 atom stereocenters. The van der Waals surface area contributed by atoms with Crippen LogP contribution in [0, 0.1) is 0 Å². The van der Waals surface area contributed by atoms with Gasteiger partial charge in [-0.15, -0.1) is 0 Å². The summed E-state index contributed by atoms with van der Waals surface area (Å²) in [5, 5.41) is 4.86. The minimum atomic E-state index is -0.0735. The van der Waals surface area contributed by atoms with Gasteiger partial charge in [-0.2, -0.15) is 5.10 Å². The largest absolute Gasteiger partial charge is 0.494 e. The maximum absolute atomic E-state index is 13.2. The lowest BCUT2D eigenvalue weighted by atomic mass is 10.1. The van der Waals surface area contributed by atoms with Gasteiger partial charge < -0.3 is 9.47 Å². The fourth-order valence-corrected chi connectivity index (χ4v) is 5.36. The van der Waals surface area contributed by atoms with Crippen molar-refractivity contribution in [1.29, 1.82) is 0 Å². The molecular formula is C26H25N3O3S2. The second-order valence-electron chi connectivity index (χ2n) is 8.10. The highest BCUT2D eigenvalue weighted by Crippen LogP contribution is 2.36. The van der Waals surface area contributed by atoms with E-state index in [-0.39, 0.29) is 12.0 Å². The van der Waals surface area contributed by atoms with Crippen molar-refractivity contribution in [3.63, 3.8) is 0 Å². The van der Waals surface area contributed by atoms with Crippen molar-refractivity contribution >= 4 is 40.3 Å². The molecule has 174 valence electrons. The first kappa shape index (κ1) is 22.8. The first-order chi connectivity index (χ1) is 16.6. The molecule has 0 spiro atoms. The number of amides is 1. The molecule has 2 aliphatic heterocycles. The lowest BCUT2D eigenvalue weighted by molar-refractivity contribution is -0.123. The Morgan fingerprint density at radius 2 is 2.00 bits per heavy atom. The van der Waals surface area contributed by atoms with Crippen molar-refractivity contribution in [2.24, 2.45) is 0 Å². The predicted molar refractivity (Wildman–Crippen MR) is 139 cm³/mol. The number of benzene rings is 2. The third kappa shape index (κ3) is 4.80. The predicted octanol–water partition coefficient (Wildman–Crippen LogP) is 5.32. The molecule has 6 nitrogen and oxygen atoms in total. The van der Waals surface area contributed by atoms with Gasteiger partial charge in [-0.05, 0) is 62.2 Å². The number of thioether (sulfide) groups is 1. The van der Waals surface area contributed by atoms with E-state index >= 15 is 0 Å². The molecule has 2 fully saturated rings. The van der Waals surface area contributed by atoms with E-state index in [0.29, 0.717) is 22.4 Å². The summed E-state index contributed by atoms with van der Waals surface area (Å²) in [6.45, 7) is 3.83. The Morgan fingerprint density at radius 1 is 1.21 bits per heavy atom. The molecule has 1 aromatic heterocycles. The number of aromatic nitrogens is 2. The van der Waals surface area contributed by atoms with Crippen LogP contribution in [-0.2, 0) is 9.53 Å². The van der Waals surface area contributed by atoms with Crippen molar-refractivity contribution in [1.82, 2.24) is 14.7 Å². The normalized spacial score (nSPS) is 19.4. The van der Waals surface area contributed by atoms with Crippen LogP contribution in [0.5, 0.6) is 5.75 Å². The van der Waals surface area contributed by atoms with Crippen LogP contribution < -0.4 is 4.74 Å². The molecule has 3 heterocycles. The minimum absolute atomic E-state index is 0.0575. The van der Waals surface area contributed by atoms with Gasteiger partial charge in [0.15, 0.2) is 0 Å². The van der Waals surface area contributed by atoms with E-state index in [1.54, 1.807) is 4.90 Å². The number of hydrogen-bond donors (Lipinski definition) is 0. The summed E-state index contributed by atoms with van der Waals surface area (Å²) in [6.07, 6.45) is 5.89. The molecule has 2 aliphatic rings. The van der Waals surface area contributed by atoms with E-state index in [0.717, 1.165) is 47.7 Å². The highest BCUT2D eigenvalue weighted by atomic mass is 32.2. The molecule has 3 aromatic rings. The summed E-state index contributed by atoms with van der Waals surface area (Å²) >= 11 is 6.86. The van der Waals surface area contributed by atoms with Crippen molar-refractivity contribution in [2.75, 3.05) is 19.8 Å². The number of nitrogens with zero attached hydrogens (tertiary/aromatic N) is 3. The summed E-state index contributed by atoms with van der Waals surface area (Å²) in [6, 6.07) is 17.8. The first-order valence-corrected chi connectivity index (χ1v) is 12.6. The average Bonchev–Trinajstić information content (AvgIpc) is 3.58. The van der Waals surface area contributed by atoms with Crippen molar-refractivity contribution in [3.05, 3.63) is 71.3 Å². The molecule has 34 heavy (non-hydrogen) atoms. The smallest absolute Gasteiger partial charge is 0.266 e. The Balaban J connectivity index is 1.49. The number of carbonyl (C=O) groups excluding carboxylic acids is 1. The number of thiocarbonyl (C=S) groups is 1.